The number of halogens is 6. The van der Waals surface area contributed by atoms with Crippen LogP contribution in [0.4, 0.5) is 17.6 Å². The number of alkyl halides is 3. The van der Waals surface area contributed by atoms with E-state index in [0.29, 0.717) is 13.1 Å². The molecule has 1 heterocycles. The van der Waals surface area contributed by atoms with Crippen molar-refractivity contribution in [3.63, 3.8) is 0 Å². The highest BCUT2D eigenvalue weighted by atomic mass is 35.5. The van der Waals surface area contributed by atoms with Crippen LogP contribution in [0, 0.1) is 5.82 Å². The summed E-state index contributed by atoms with van der Waals surface area (Å²) in [5, 5.41) is 5.35. The molecule has 1 aromatic carbocycles. The highest BCUT2D eigenvalue weighted by Crippen LogP contribution is 2.26. The summed E-state index contributed by atoms with van der Waals surface area (Å²) in [6, 6.07) is 1.82. The van der Waals surface area contributed by atoms with E-state index >= 15 is 0 Å². The number of rotatable bonds is 7. The second-order valence-corrected chi connectivity index (χ2v) is 6.23. The van der Waals surface area contributed by atoms with Gasteiger partial charge in [0.05, 0.1) is 18.1 Å². The maximum absolute atomic E-state index is 13.2. The van der Waals surface area contributed by atoms with Crippen molar-refractivity contribution >= 4 is 29.9 Å². The van der Waals surface area contributed by atoms with Crippen molar-refractivity contribution < 1.29 is 27.1 Å². The van der Waals surface area contributed by atoms with Gasteiger partial charge in [0.15, 0.2) is 0 Å². The van der Waals surface area contributed by atoms with Crippen molar-refractivity contribution in [2.75, 3.05) is 39.3 Å². The quantitative estimate of drug-likeness (QED) is 0.649. The lowest BCUT2D eigenvalue weighted by Crippen LogP contribution is -2.57. The molecule has 11 heteroatoms. The smallest absolute Gasteiger partial charge is 0.405 e. The monoisotopic (exact) mass is 433 g/mol. The number of carbonyl (C=O) groups is 1. The first-order valence-electron chi connectivity index (χ1n) is 8.13. The second kappa shape index (κ2) is 10.9. The van der Waals surface area contributed by atoms with Gasteiger partial charge >= 0.3 is 6.18 Å². The van der Waals surface area contributed by atoms with Gasteiger partial charge < -0.3 is 15.4 Å². The highest BCUT2D eigenvalue weighted by molar-refractivity contribution is 6.32. The molecule has 154 valence electrons. The fourth-order valence-corrected chi connectivity index (χ4v) is 2.81. The van der Waals surface area contributed by atoms with Gasteiger partial charge in [-0.05, 0) is 18.2 Å². The summed E-state index contributed by atoms with van der Waals surface area (Å²) in [5.74, 6) is -0.881. The van der Waals surface area contributed by atoms with E-state index in [2.05, 4.69) is 10.6 Å². The highest BCUT2D eigenvalue weighted by Gasteiger charge is 2.43. The molecular formula is C16H21Cl2F4N3O2. The first-order chi connectivity index (χ1) is 12.3. The summed E-state index contributed by atoms with van der Waals surface area (Å²) in [5.41, 5.74) is 0. The summed E-state index contributed by atoms with van der Waals surface area (Å²) in [6.45, 7) is 0.902. The van der Waals surface area contributed by atoms with Crippen molar-refractivity contribution in [3.8, 4) is 5.75 Å². The van der Waals surface area contributed by atoms with Crippen LogP contribution in [-0.2, 0) is 4.79 Å². The Morgan fingerprint density at radius 3 is 2.59 bits per heavy atom. The van der Waals surface area contributed by atoms with Crippen molar-refractivity contribution in [2.45, 2.75) is 18.6 Å². The van der Waals surface area contributed by atoms with Crippen LogP contribution in [0.1, 0.15) is 6.42 Å². The third-order valence-corrected chi connectivity index (χ3v) is 4.24. The maximum atomic E-state index is 13.2. The Hall–Kier alpha value is -1.29. The number of hydrogen-bond acceptors (Lipinski definition) is 4. The SMILES string of the molecule is Cl.O=C(CCOc1ccc(F)cc1Cl)NCC(N1CCNCC1)C(F)(F)F. The first-order valence-corrected chi connectivity index (χ1v) is 8.51. The van der Waals surface area contributed by atoms with E-state index in [9.17, 15) is 22.4 Å². The molecule has 1 aromatic rings. The first kappa shape index (κ1) is 23.7. The lowest BCUT2D eigenvalue weighted by molar-refractivity contribution is -0.184. The molecule has 0 radical (unpaired) electrons. The summed E-state index contributed by atoms with van der Waals surface area (Å²) >= 11 is 5.78. The van der Waals surface area contributed by atoms with Crippen LogP contribution in [0.5, 0.6) is 5.75 Å². The number of benzene rings is 1. The zero-order chi connectivity index (χ0) is 19.2. The van der Waals surface area contributed by atoms with E-state index in [4.69, 9.17) is 16.3 Å². The lowest BCUT2D eigenvalue weighted by Gasteiger charge is -2.35. The van der Waals surface area contributed by atoms with Gasteiger partial charge in [0.25, 0.3) is 0 Å². The van der Waals surface area contributed by atoms with E-state index < -0.39 is 30.5 Å². The van der Waals surface area contributed by atoms with Crippen LogP contribution in [-0.4, -0.2) is 62.4 Å². The molecule has 2 N–H and O–H groups in total. The van der Waals surface area contributed by atoms with Crippen LogP contribution >= 0.6 is 24.0 Å². The third kappa shape index (κ3) is 7.69. The predicted octanol–water partition coefficient (Wildman–Crippen LogP) is 2.62. The fraction of sp³-hybridized carbons (Fsp3) is 0.562. The molecule has 1 atom stereocenters. The molecule has 0 aliphatic carbocycles. The number of piperazine rings is 1. The normalized spacial score (nSPS) is 16.3. The van der Waals surface area contributed by atoms with Gasteiger partial charge in [-0.25, -0.2) is 4.39 Å². The zero-order valence-electron chi connectivity index (χ0n) is 14.3. The van der Waals surface area contributed by atoms with Crippen LogP contribution in [0.25, 0.3) is 0 Å². The van der Waals surface area contributed by atoms with Crippen LogP contribution < -0.4 is 15.4 Å². The summed E-state index contributed by atoms with van der Waals surface area (Å²) in [6.07, 6.45) is -4.57. The molecule has 5 nitrogen and oxygen atoms in total. The number of hydrogen-bond donors (Lipinski definition) is 2. The Balaban J connectivity index is 0.00000364. The average Bonchev–Trinajstić information content (AvgIpc) is 2.57. The van der Waals surface area contributed by atoms with Crippen molar-refractivity contribution in [3.05, 3.63) is 29.0 Å². The topological polar surface area (TPSA) is 53.6 Å². The Labute approximate surface area is 165 Å². The Bertz CT molecular complexity index is 614. The molecular weight excluding hydrogens is 413 g/mol. The largest absolute Gasteiger partial charge is 0.491 e. The van der Waals surface area contributed by atoms with Crippen molar-refractivity contribution in [1.82, 2.24) is 15.5 Å². The van der Waals surface area contributed by atoms with Gasteiger partial charge in [-0.3, -0.25) is 9.69 Å². The maximum Gasteiger partial charge on any atom is 0.405 e. The molecule has 1 fully saturated rings. The molecule has 0 aromatic heterocycles. The lowest BCUT2D eigenvalue weighted by atomic mass is 10.2. The molecule has 27 heavy (non-hydrogen) atoms. The minimum absolute atomic E-state index is 0. The summed E-state index contributed by atoms with van der Waals surface area (Å²) in [7, 11) is 0. The Kier molecular flexibility index (Phi) is 9.58. The van der Waals surface area contributed by atoms with Gasteiger partial charge in [0.2, 0.25) is 5.91 Å². The van der Waals surface area contributed by atoms with E-state index in [-0.39, 0.29) is 49.3 Å². The number of amides is 1. The summed E-state index contributed by atoms with van der Waals surface area (Å²) in [4.78, 5) is 13.1. The molecule has 0 spiro atoms. The fourth-order valence-electron chi connectivity index (χ4n) is 2.59. The molecule has 1 amide bonds. The number of nitrogens with one attached hydrogen (secondary N) is 2. The standard InChI is InChI=1S/C16H20ClF4N3O2.ClH/c17-12-9-11(18)1-2-13(12)26-8-3-15(25)23-10-14(16(19,20)21)24-6-4-22-5-7-24;/h1-2,9,14,22H,3-8,10H2,(H,23,25);1H. The van der Waals surface area contributed by atoms with Gasteiger partial charge in [-0.1, -0.05) is 11.6 Å². The number of ether oxygens (including phenoxy) is 1. The Morgan fingerprint density at radius 1 is 1.33 bits per heavy atom. The predicted molar refractivity (Wildman–Crippen MR) is 96.1 cm³/mol. The molecule has 1 saturated heterocycles. The van der Waals surface area contributed by atoms with Gasteiger partial charge in [-0.2, -0.15) is 13.2 Å². The van der Waals surface area contributed by atoms with E-state index in [1.807, 2.05) is 0 Å². The van der Waals surface area contributed by atoms with E-state index in [0.717, 1.165) is 12.1 Å². The van der Waals surface area contributed by atoms with Crippen molar-refractivity contribution in [2.24, 2.45) is 0 Å². The van der Waals surface area contributed by atoms with Gasteiger partial charge in [0.1, 0.15) is 17.6 Å². The van der Waals surface area contributed by atoms with Crippen LogP contribution in [0.15, 0.2) is 18.2 Å². The molecule has 1 unspecified atom stereocenters. The van der Waals surface area contributed by atoms with Crippen LogP contribution in [0.2, 0.25) is 5.02 Å². The number of carbonyl (C=O) groups excluding carboxylic acids is 1. The van der Waals surface area contributed by atoms with E-state index in [1.165, 1.54) is 11.0 Å². The van der Waals surface area contributed by atoms with Gasteiger partial charge in [0, 0.05) is 32.7 Å². The molecule has 0 saturated carbocycles. The molecule has 0 bridgehead atoms. The molecule has 1 aliphatic rings. The minimum Gasteiger partial charge on any atom is -0.491 e. The molecule has 2 rings (SSSR count). The second-order valence-electron chi connectivity index (χ2n) is 5.82. The third-order valence-electron chi connectivity index (χ3n) is 3.94. The van der Waals surface area contributed by atoms with Crippen LogP contribution in [0.3, 0.4) is 0 Å². The zero-order valence-corrected chi connectivity index (χ0v) is 15.9. The van der Waals surface area contributed by atoms with E-state index in [1.54, 1.807) is 0 Å². The van der Waals surface area contributed by atoms with Gasteiger partial charge in [-0.15, -0.1) is 12.4 Å². The molecule has 1 aliphatic heterocycles. The Morgan fingerprint density at radius 2 is 2.00 bits per heavy atom. The average molecular weight is 434 g/mol. The minimum atomic E-state index is -4.43. The number of nitrogens with zero attached hydrogens (tertiary/aromatic N) is 1. The van der Waals surface area contributed by atoms with Crippen molar-refractivity contribution in [1.29, 1.82) is 0 Å². The summed E-state index contributed by atoms with van der Waals surface area (Å²) < 4.78 is 57.8.